The molecule has 33 heavy (non-hydrogen) atoms. The molecule has 0 bridgehead atoms. The predicted octanol–water partition coefficient (Wildman–Crippen LogP) is 7.46. The number of hydrogen-bond donors (Lipinski definition) is 0. The van der Waals surface area contributed by atoms with E-state index in [-0.39, 0.29) is 5.78 Å². The summed E-state index contributed by atoms with van der Waals surface area (Å²) in [6, 6.07) is 23.3. The van der Waals surface area contributed by atoms with Crippen molar-refractivity contribution in [3.05, 3.63) is 108 Å². The van der Waals surface area contributed by atoms with Gasteiger partial charge in [-0.15, -0.1) is 0 Å². The van der Waals surface area contributed by atoms with Crippen molar-refractivity contribution in [2.45, 2.75) is 39.5 Å². The van der Waals surface area contributed by atoms with Crippen LogP contribution in [0.25, 0.3) is 17.2 Å². The number of rotatable bonds is 10. The Morgan fingerprint density at radius 3 is 2.03 bits per heavy atom. The van der Waals surface area contributed by atoms with Crippen molar-refractivity contribution >= 4 is 17.8 Å². The second-order valence-electron chi connectivity index (χ2n) is 8.17. The predicted molar refractivity (Wildman–Crippen MR) is 135 cm³/mol. The van der Waals surface area contributed by atoms with Crippen LogP contribution in [0.5, 0.6) is 5.75 Å². The maximum Gasteiger partial charge on any atom is 0.338 e. The largest absolute Gasteiger partial charge is 0.423 e. The average Bonchev–Trinajstić information content (AvgIpc) is 2.84. The first kappa shape index (κ1) is 23.9. The molecule has 3 aromatic carbocycles. The molecule has 3 heteroatoms. The molecule has 0 unspecified atom stereocenters. The van der Waals surface area contributed by atoms with Crippen LogP contribution in [-0.2, 0) is 11.2 Å². The molecular formula is C30H30O3. The Hall–Kier alpha value is -3.72. The molecule has 0 atom stereocenters. The second kappa shape index (κ2) is 11.8. The first-order chi connectivity index (χ1) is 16.0. The summed E-state index contributed by atoms with van der Waals surface area (Å²) >= 11 is 0. The van der Waals surface area contributed by atoms with Crippen molar-refractivity contribution in [2.75, 3.05) is 0 Å². The third-order valence-corrected chi connectivity index (χ3v) is 5.39. The monoisotopic (exact) mass is 438 g/mol. The molecule has 0 heterocycles. The highest BCUT2D eigenvalue weighted by Crippen LogP contribution is 2.22. The van der Waals surface area contributed by atoms with E-state index in [0.29, 0.717) is 16.9 Å². The Kier molecular flexibility index (Phi) is 8.54. The van der Waals surface area contributed by atoms with Gasteiger partial charge in [-0.2, -0.15) is 0 Å². The Labute approximate surface area is 196 Å². The Morgan fingerprint density at radius 1 is 0.848 bits per heavy atom. The number of ether oxygens (including phenoxy) is 1. The summed E-state index contributed by atoms with van der Waals surface area (Å²) in [4.78, 5) is 24.1. The first-order valence-electron chi connectivity index (χ1n) is 11.4. The summed E-state index contributed by atoms with van der Waals surface area (Å²) in [5.74, 6) is -0.0819. The molecule has 0 saturated carbocycles. The lowest BCUT2D eigenvalue weighted by atomic mass is 9.99. The minimum Gasteiger partial charge on any atom is -0.423 e. The zero-order valence-corrected chi connectivity index (χ0v) is 19.3. The topological polar surface area (TPSA) is 43.4 Å². The van der Waals surface area contributed by atoms with E-state index in [1.165, 1.54) is 24.8 Å². The van der Waals surface area contributed by atoms with Gasteiger partial charge in [-0.3, -0.25) is 4.79 Å². The summed E-state index contributed by atoms with van der Waals surface area (Å²) in [7, 11) is 0. The van der Waals surface area contributed by atoms with Gasteiger partial charge < -0.3 is 4.74 Å². The number of esters is 1. The van der Waals surface area contributed by atoms with Crippen LogP contribution in [-0.4, -0.2) is 11.8 Å². The maximum atomic E-state index is 12.6. The molecular weight excluding hydrogens is 408 g/mol. The van der Waals surface area contributed by atoms with Gasteiger partial charge in [0.15, 0.2) is 5.78 Å². The fraction of sp³-hybridized carbons (Fsp3) is 0.200. The molecule has 0 amide bonds. The van der Waals surface area contributed by atoms with E-state index >= 15 is 0 Å². The Bertz CT molecular complexity index is 1120. The molecule has 0 aliphatic carbocycles. The summed E-state index contributed by atoms with van der Waals surface area (Å²) in [5.41, 5.74) is 5.43. The van der Waals surface area contributed by atoms with E-state index in [9.17, 15) is 9.59 Å². The first-order valence-corrected chi connectivity index (χ1v) is 11.4. The van der Waals surface area contributed by atoms with Crippen molar-refractivity contribution in [1.82, 2.24) is 0 Å². The van der Waals surface area contributed by atoms with E-state index in [2.05, 4.69) is 37.8 Å². The van der Waals surface area contributed by atoms with Crippen LogP contribution in [0.3, 0.4) is 0 Å². The highest BCUT2D eigenvalue weighted by Gasteiger charge is 2.06. The van der Waals surface area contributed by atoms with Gasteiger partial charge in [0, 0.05) is 11.1 Å². The van der Waals surface area contributed by atoms with Crippen molar-refractivity contribution < 1.29 is 14.3 Å². The number of unbranched alkanes of at least 4 members (excludes halogenated alkanes) is 2. The Morgan fingerprint density at radius 2 is 1.45 bits per heavy atom. The SMILES string of the molecule is C=C(C)C(=O)Oc1ccc(/C=C/C(=O)c2ccc(-c3ccc(CCCCC)cc3)cc2)cc1. The molecule has 3 nitrogen and oxygen atoms in total. The molecule has 0 saturated heterocycles. The molecule has 0 N–H and O–H groups in total. The summed E-state index contributed by atoms with van der Waals surface area (Å²) in [6.07, 6.45) is 8.15. The van der Waals surface area contributed by atoms with Gasteiger partial charge in [-0.25, -0.2) is 4.79 Å². The molecule has 0 aliphatic heterocycles. The van der Waals surface area contributed by atoms with Gasteiger partial charge >= 0.3 is 5.97 Å². The van der Waals surface area contributed by atoms with Crippen LogP contribution in [0.1, 0.15) is 54.6 Å². The normalized spacial score (nSPS) is 10.8. The zero-order chi connectivity index (χ0) is 23.6. The van der Waals surface area contributed by atoms with Crippen LogP contribution in [0, 0.1) is 0 Å². The number of benzene rings is 3. The van der Waals surface area contributed by atoms with E-state index in [1.807, 2.05) is 24.3 Å². The number of carbonyl (C=O) groups is 2. The van der Waals surface area contributed by atoms with Crippen molar-refractivity contribution in [2.24, 2.45) is 0 Å². The highest BCUT2D eigenvalue weighted by molar-refractivity contribution is 6.07. The van der Waals surface area contributed by atoms with E-state index in [1.54, 1.807) is 43.3 Å². The number of allylic oxidation sites excluding steroid dienone is 1. The third kappa shape index (κ3) is 7.15. The van der Waals surface area contributed by atoms with E-state index in [4.69, 9.17) is 4.74 Å². The van der Waals surface area contributed by atoms with Crippen LogP contribution >= 0.6 is 0 Å². The summed E-state index contributed by atoms with van der Waals surface area (Å²) < 4.78 is 5.17. The number of aryl methyl sites for hydroxylation is 1. The van der Waals surface area contributed by atoms with Crippen molar-refractivity contribution in [1.29, 1.82) is 0 Å². The van der Waals surface area contributed by atoms with Gasteiger partial charge in [-0.05, 0) is 60.2 Å². The van der Waals surface area contributed by atoms with Gasteiger partial charge in [0.1, 0.15) is 5.75 Å². The summed E-state index contributed by atoms with van der Waals surface area (Å²) in [5, 5.41) is 0. The maximum absolute atomic E-state index is 12.6. The van der Waals surface area contributed by atoms with E-state index in [0.717, 1.165) is 23.1 Å². The third-order valence-electron chi connectivity index (χ3n) is 5.39. The van der Waals surface area contributed by atoms with Crippen LogP contribution < -0.4 is 4.74 Å². The molecule has 0 aromatic heterocycles. The van der Waals surface area contributed by atoms with Gasteiger partial charge in [0.2, 0.25) is 0 Å². The number of carbonyl (C=O) groups excluding carboxylic acids is 2. The van der Waals surface area contributed by atoms with Crippen LogP contribution in [0.15, 0.2) is 91.0 Å². The fourth-order valence-electron chi connectivity index (χ4n) is 3.38. The highest BCUT2D eigenvalue weighted by atomic mass is 16.5. The molecule has 0 aliphatic rings. The van der Waals surface area contributed by atoms with Gasteiger partial charge in [-0.1, -0.05) is 93.1 Å². The molecule has 0 spiro atoms. The minimum absolute atomic E-state index is 0.0643. The van der Waals surface area contributed by atoms with Crippen LogP contribution in [0.2, 0.25) is 0 Å². The average molecular weight is 439 g/mol. The lowest BCUT2D eigenvalue weighted by Gasteiger charge is -2.06. The van der Waals surface area contributed by atoms with Crippen molar-refractivity contribution in [3.8, 4) is 16.9 Å². The van der Waals surface area contributed by atoms with E-state index < -0.39 is 5.97 Å². The molecule has 3 rings (SSSR count). The fourth-order valence-corrected chi connectivity index (χ4v) is 3.38. The number of ketones is 1. The minimum atomic E-state index is -0.458. The molecule has 168 valence electrons. The standard InChI is InChI=1S/C30H30O3/c1-4-5-6-7-23-8-13-25(14-9-23)26-15-17-27(18-16-26)29(31)21-12-24-10-19-28(20-11-24)33-30(32)22(2)3/h8-21H,2,4-7H2,1,3H3/b21-12+. The second-order valence-corrected chi connectivity index (χ2v) is 8.17. The number of hydrogen-bond acceptors (Lipinski definition) is 3. The van der Waals surface area contributed by atoms with Crippen LogP contribution in [0.4, 0.5) is 0 Å². The molecule has 0 radical (unpaired) electrons. The molecule has 0 fully saturated rings. The lowest BCUT2D eigenvalue weighted by Crippen LogP contribution is -2.07. The van der Waals surface area contributed by atoms with Crippen molar-refractivity contribution in [3.63, 3.8) is 0 Å². The Balaban J connectivity index is 1.59. The van der Waals surface area contributed by atoms with Gasteiger partial charge in [0.25, 0.3) is 0 Å². The van der Waals surface area contributed by atoms with Gasteiger partial charge in [0.05, 0.1) is 0 Å². The lowest BCUT2D eigenvalue weighted by molar-refractivity contribution is -0.130. The molecule has 3 aromatic rings. The zero-order valence-electron chi connectivity index (χ0n) is 19.3. The smallest absolute Gasteiger partial charge is 0.338 e. The quantitative estimate of drug-likeness (QED) is 0.108. The summed E-state index contributed by atoms with van der Waals surface area (Å²) in [6.45, 7) is 7.38.